The highest BCUT2D eigenvalue weighted by Crippen LogP contribution is 2.33. The number of nitrogens with zero attached hydrogens (tertiary/aromatic N) is 1. The smallest absolute Gasteiger partial charge is 0.267 e. The second-order valence-electron chi connectivity index (χ2n) is 8.99. The first-order valence-electron chi connectivity index (χ1n) is 11.4. The summed E-state index contributed by atoms with van der Waals surface area (Å²) in [5.41, 5.74) is 1.66. The van der Waals surface area contributed by atoms with Gasteiger partial charge in [0, 0.05) is 12.1 Å². The molecule has 182 valence electrons. The van der Waals surface area contributed by atoms with Crippen LogP contribution in [-0.4, -0.2) is 37.2 Å². The summed E-state index contributed by atoms with van der Waals surface area (Å²) in [5, 5.41) is 0. The molecular formula is C27H27FN2O4S. The number of amides is 2. The van der Waals surface area contributed by atoms with Crippen molar-refractivity contribution in [1.82, 2.24) is 9.62 Å². The van der Waals surface area contributed by atoms with Crippen molar-refractivity contribution < 1.29 is 22.4 Å². The van der Waals surface area contributed by atoms with E-state index in [1.54, 1.807) is 19.1 Å². The predicted molar refractivity (Wildman–Crippen MR) is 131 cm³/mol. The van der Waals surface area contributed by atoms with Crippen LogP contribution in [0.4, 0.5) is 4.39 Å². The number of carbonyl (C=O) groups excluding carboxylic acids is 2. The molecule has 0 bridgehead atoms. The molecule has 0 spiro atoms. The quantitative estimate of drug-likeness (QED) is 0.538. The van der Waals surface area contributed by atoms with Gasteiger partial charge in [-0.25, -0.2) is 17.5 Å². The van der Waals surface area contributed by atoms with Crippen LogP contribution in [-0.2, 0) is 27.7 Å². The van der Waals surface area contributed by atoms with Crippen LogP contribution in [0.5, 0.6) is 0 Å². The van der Waals surface area contributed by atoms with Gasteiger partial charge in [0.25, 0.3) is 21.8 Å². The average molecular weight is 495 g/mol. The van der Waals surface area contributed by atoms with Gasteiger partial charge >= 0.3 is 0 Å². The largest absolute Gasteiger partial charge is 0.324 e. The molecule has 1 N–H and O–H groups in total. The van der Waals surface area contributed by atoms with Crippen molar-refractivity contribution in [2.75, 3.05) is 6.54 Å². The van der Waals surface area contributed by atoms with Crippen molar-refractivity contribution >= 4 is 21.8 Å². The van der Waals surface area contributed by atoms with Crippen molar-refractivity contribution in [3.05, 3.63) is 101 Å². The number of hydrogen-bond acceptors (Lipinski definition) is 4. The fourth-order valence-corrected chi connectivity index (χ4v) is 5.48. The van der Waals surface area contributed by atoms with Crippen LogP contribution in [0.1, 0.15) is 40.4 Å². The zero-order valence-corrected chi connectivity index (χ0v) is 20.4. The Bertz CT molecular complexity index is 1370. The van der Waals surface area contributed by atoms with Crippen LogP contribution in [0.2, 0.25) is 0 Å². The molecule has 6 nitrogen and oxygen atoms in total. The number of aryl methyl sites for hydroxylation is 3. The van der Waals surface area contributed by atoms with Crippen molar-refractivity contribution in [2.45, 2.75) is 43.5 Å². The topological polar surface area (TPSA) is 83.6 Å². The molecule has 1 atom stereocenters. The normalized spacial score (nSPS) is 17.5. The van der Waals surface area contributed by atoms with E-state index in [9.17, 15) is 22.4 Å². The fourth-order valence-electron chi connectivity index (χ4n) is 4.24. The summed E-state index contributed by atoms with van der Waals surface area (Å²) in [6, 6.07) is 20.8. The number of likely N-dealkylation sites (tertiary alicyclic amines) is 1. The van der Waals surface area contributed by atoms with E-state index in [0.29, 0.717) is 30.5 Å². The number of sulfonamides is 1. The number of benzene rings is 3. The van der Waals surface area contributed by atoms with Gasteiger partial charge in [0.05, 0.1) is 0 Å². The summed E-state index contributed by atoms with van der Waals surface area (Å²) in [7, 11) is -4.45. The Morgan fingerprint density at radius 3 is 2.37 bits per heavy atom. The van der Waals surface area contributed by atoms with Gasteiger partial charge in [-0.3, -0.25) is 9.59 Å². The number of halogens is 1. The Labute approximate surface area is 204 Å². The Morgan fingerprint density at radius 1 is 1.00 bits per heavy atom. The maximum absolute atomic E-state index is 14.2. The molecule has 1 fully saturated rings. The van der Waals surface area contributed by atoms with E-state index in [-0.39, 0.29) is 5.91 Å². The zero-order valence-electron chi connectivity index (χ0n) is 19.6. The van der Waals surface area contributed by atoms with E-state index in [4.69, 9.17) is 0 Å². The van der Waals surface area contributed by atoms with Gasteiger partial charge in [-0.05, 0) is 68.0 Å². The minimum Gasteiger partial charge on any atom is -0.324 e. The minimum atomic E-state index is -4.45. The van der Waals surface area contributed by atoms with Crippen LogP contribution < -0.4 is 4.72 Å². The molecular weight excluding hydrogens is 467 g/mol. The van der Waals surface area contributed by atoms with Crippen molar-refractivity contribution in [1.29, 1.82) is 0 Å². The molecule has 2 amide bonds. The first-order valence-corrected chi connectivity index (χ1v) is 12.9. The van der Waals surface area contributed by atoms with Crippen LogP contribution in [0.15, 0.2) is 77.7 Å². The molecule has 8 heteroatoms. The van der Waals surface area contributed by atoms with Gasteiger partial charge in [0.2, 0.25) is 0 Å². The molecule has 3 aromatic rings. The summed E-state index contributed by atoms with van der Waals surface area (Å²) in [6.07, 6.45) is 1.69. The molecule has 1 aliphatic rings. The van der Waals surface area contributed by atoms with Crippen LogP contribution in [0.25, 0.3) is 0 Å². The second kappa shape index (κ2) is 9.62. The lowest BCUT2D eigenvalue weighted by Crippen LogP contribution is -2.67. The second-order valence-corrected chi connectivity index (χ2v) is 10.6. The van der Waals surface area contributed by atoms with Gasteiger partial charge in [-0.1, -0.05) is 54.6 Å². The summed E-state index contributed by atoms with van der Waals surface area (Å²) >= 11 is 0. The SMILES string of the molecule is Cc1ccc(F)c(S(=O)(=O)NC(=O)C2(C)CCN2C(=O)c2ccccc2CCc2ccccc2)c1. The van der Waals surface area contributed by atoms with E-state index < -0.39 is 32.2 Å². The van der Waals surface area contributed by atoms with E-state index in [0.717, 1.165) is 23.6 Å². The van der Waals surface area contributed by atoms with Gasteiger partial charge in [0.15, 0.2) is 0 Å². The first kappa shape index (κ1) is 24.6. The van der Waals surface area contributed by atoms with Crippen molar-refractivity contribution in [2.24, 2.45) is 0 Å². The number of carbonyl (C=O) groups is 2. The lowest BCUT2D eigenvalue weighted by atomic mass is 9.84. The molecule has 1 unspecified atom stereocenters. The summed E-state index contributed by atoms with van der Waals surface area (Å²) in [6.45, 7) is 3.47. The first-order chi connectivity index (χ1) is 16.6. The lowest BCUT2D eigenvalue weighted by molar-refractivity contribution is -0.135. The number of rotatable bonds is 7. The molecule has 0 aliphatic carbocycles. The fraction of sp³-hybridized carbons (Fsp3) is 0.259. The minimum absolute atomic E-state index is 0.294. The van der Waals surface area contributed by atoms with Crippen LogP contribution in [0.3, 0.4) is 0 Å². The molecule has 1 saturated heterocycles. The van der Waals surface area contributed by atoms with E-state index >= 15 is 0 Å². The average Bonchev–Trinajstić information content (AvgIpc) is 2.83. The monoisotopic (exact) mass is 494 g/mol. The lowest BCUT2D eigenvalue weighted by Gasteiger charge is -2.49. The Hall–Kier alpha value is -3.52. The third kappa shape index (κ3) is 4.98. The molecule has 1 heterocycles. The number of hydrogen-bond donors (Lipinski definition) is 1. The van der Waals surface area contributed by atoms with E-state index in [1.807, 2.05) is 47.2 Å². The van der Waals surface area contributed by atoms with Gasteiger partial charge in [0.1, 0.15) is 16.3 Å². The Morgan fingerprint density at radius 2 is 1.69 bits per heavy atom. The third-order valence-corrected chi connectivity index (χ3v) is 7.88. The third-order valence-electron chi connectivity index (χ3n) is 6.53. The molecule has 3 aromatic carbocycles. The molecule has 0 saturated carbocycles. The summed E-state index contributed by atoms with van der Waals surface area (Å²) in [5.74, 6) is -2.15. The van der Waals surface area contributed by atoms with E-state index in [2.05, 4.69) is 0 Å². The molecule has 0 aromatic heterocycles. The van der Waals surface area contributed by atoms with E-state index in [1.165, 1.54) is 24.0 Å². The summed E-state index contributed by atoms with van der Waals surface area (Å²) < 4.78 is 41.7. The van der Waals surface area contributed by atoms with Crippen molar-refractivity contribution in [3.63, 3.8) is 0 Å². The van der Waals surface area contributed by atoms with Gasteiger partial charge < -0.3 is 4.90 Å². The Kier molecular flexibility index (Phi) is 6.76. The summed E-state index contributed by atoms with van der Waals surface area (Å²) in [4.78, 5) is 27.3. The van der Waals surface area contributed by atoms with Crippen molar-refractivity contribution in [3.8, 4) is 0 Å². The highest BCUT2D eigenvalue weighted by Gasteiger charge is 2.51. The molecule has 0 radical (unpaired) electrons. The molecule has 35 heavy (non-hydrogen) atoms. The van der Waals surface area contributed by atoms with Crippen LogP contribution in [0, 0.1) is 12.7 Å². The highest BCUT2D eigenvalue weighted by molar-refractivity contribution is 7.90. The molecule has 1 aliphatic heterocycles. The van der Waals surface area contributed by atoms with Gasteiger partial charge in [-0.15, -0.1) is 0 Å². The predicted octanol–water partition coefficient (Wildman–Crippen LogP) is 4.03. The highest BCUT2D eigenvalue weighted by atomic mass is 32.2. The van der Waals surface area contributed by atoms with Crippen LogP contribution >= 0.6 is 0 Å². The number of nitrogens with one attached hydrogen (secondary N) is 1. The standard InChI is InChI=1S/C27H27FN2O4S/c1-19-12-15-23(28)24(18-19)35(33,34)29-26(32)27(2)16-17-30(27)25(31)22-11-7-6-10-21(22)14-13-20-8-4-3-5-9-20/h3-12,15,18H,13-14,16-17H2,1-2H3,(H,29,32). The zero-order chi connectivity index (χ0) is 25.2. The van der Waals surface area contributed by atoms with Gasteiger partial charge in [-0.2, -0.15) is 0 Å². The maximum Gasteiger partial charge on any atom is 0.267 e. The Balaban J connectivity index is 1.52. The maximum atomic E-state index is 14.2. The molecule has 4 rings (SSSR count).